The van der Waals surface area contributed by atoms with Crippen LogP contribution in [-0.4, -0.2) is 6.54 Å². The lowest BCUT2D eigenvalue weighted by Gasteiger charge is -2.26. The van der Waals surface area contributed by atoms with E-state index in [4.69, 9.17) is 0 Å². The molecule has 1 aliphatic rings. The lowest BCUT2D eigenvalue weighted by Crippen LogP contribution is -2.21. The van der Waals surface area contributed by atoms with E-state index in [0.29, 0.717) is 0 Å². The molecular formula is C15H25NS. The molecule has 0 radical (unpaired) electrons. The summed E-state index contributed by atoms with van der Waals surface area (Å²) >= 11 is 1.87. The number of hydrogen-bond acceptors (Lipinski definition) is 2. The normalized spacial score (nSPS) is 25.1. The lowest BCUT2D eigenvalue weighted by molar-refractivity contribution is 0.267. The van der Waals surface area contributed by atoms with Gasteiger partial charge in [0.15, 0.2) is 0 Å². The highest BCUT2D eigenvalue weighted by atomic mass is 32.1. The molecule has 0 aromatic carbocycles. The molecule has 1 aromatic heterocycles. The van der Waals surface area contributed by atoms with Gasteiger partial charge in [0.05, 0.1) is 0 Å². The van der Waals surface area contributed by atoms with Gasteiger partial charge in [-0.05, 0) is 55.2 Å². The molecule has 2 atom stereocenters. The zero-order valence-corrected chi connectivity index (χ0v) is 12.0. The summed E-state index contributed by atoms with van der Waals surface area (Å²) < 4.78 is 0. The van der Waals surface area contributed by atoms with Gasteiger partial charge in [0.25, 0.3) is 0 Å². The molecule has 0 amide bonds. The molecule has 0 spiro atoms. The number of hydrogen-bond donors (Lipinski definition) is 1. The summed E-state index contributed by atoms with van der Waals surface area (Å²) in [4.78, 5) is 1.50. The van der Waals surface area contributed by atoms with Gasteiger partial charge in [0, 0.05) is 11.4 Å². The van der Waals surface area contributed by atoms with E-state index in [1.807, 2.05) is 11.3 Å². The van der Waals surface area contributed by atoms with Crippen molar-refractivity contribution in [3.63, 3.8) is 0 Å². The molecule has 1 aromatic rings. The Morgan fingerprint density at radius 2 is 2.29 bits per heavy atom. The predicted octanol–water partition coefficient (Wildman–Crippen LogP) is 4.36. The topological polar surface area (TPSA) is 12.0 Å². The van der Waals surface area contributed by atoms with Crippen LogP contribution in [0.25, 0.3) is 0 Å². The van der Waals surface area contributed by atoms with Gasteiger partial charge >= 0.3 is 0 Å². The molecule has 1 heterocycles. The SMILES string of the molecule is Cc1ccsc1CNCCC1CCCC(C)C1. The van der Waals surface area contributed by atoms with Crippen LogP contribution in [-0.2, 0) is 6.54 Å². The molecule has 1 N–H and O–H groups in total. The van der Waals surface area contributed by atoms with E-state index in [1.165, 1.54) is 49.1 Å². The molecule has 0 bridgehead atoms. The van der Waals surface area contributed by atoms with Crippen molar-refractivity contribution in [3.05, 3.63) is 21.9 Å². The van der Waals surface area contributed by atoms with Gasteiger partial charge in [0.2, 0.25) is 0 Å². The molecule has 1 aliphatic carbocycles. The average molecular weight is 251 g/mol. The van der Waals surface area contributed by atoms with Crippen molar-refractivity contribution in [3.8, 4) is 0 Å². The Hall–Kier alpha value is -0.340. The van der Waals surface area contributed by atoms with Crippen molar-refractivity contribution in [2.24, 2.45) is 11.8 Å². The third-order valence-corrected chi connectivity index (χ3v) is 5.05. The smallest absolute Gasteiger partial charge is 0.0302 e. The molecule has 1 nitrogen and oxygen atoms in total. The van der Waals surface area contributed by atoms with Gasteiger partial charge in [0.1, 0.15) is 0 Å². The van der Waals surface area contributed by atoms with E-state index in [1.54, 1.807) is 0 Å². The predicted molar refractivity (Wildman–Crippen MR) is 76.5 cm³/mol. The summed E-state index contributed by atoms with van der Waals surface area (Å²) in [5, 5.41) is 5.79. The minimum Gasteiger partial charge on any atom is -0.312 e. The number of rotatable bonds is 5. The van der Waals surface area contributed by atoms with Crippen LogP contribution in [0.4, 0.5) is 0 Å². The van der Waals surface area contributed by atoms with Crippen molar-refractivity contribution in [2.45, 2.75) is 52.5 Å². The fourth-order valence-corrected chi connectivity index (χ4v) is 3.79. The van der Waals surface area contributed by atoms with Crippen LogP contribution in [0.1, 0.15) is 49.5 Å². The third-order valence-electron chi connectivity index (χ3n) is 4.03. The first-order valence-corrected chi connectivity index (χ1v) is 7.87. The maximum Gasteiger partial charge on any atom is 0.0302 e. The second-order valence-corrected chi connectivity index (χ2v) is 6.63. The second-order valence-electron chi connectivity index (χ2n) is 5.63. The molecule has 17 heavy (non-hydrogen) atoms. The Morgan fingerprint density at radius 1 is 1.41 bits per heavy atom. The van der Waals surface area contributed by atoms with Crippen molar-refractivity contribution in [2.75, 3.05) is 6.54 Å². The lowest BCUT2D eigenvalue weighted by atomic mass is 9.81. The monoisotopic (exact) mass is 251 g/mol. The molecule has 0 saturated heterocycles. The summed E-state index contributed by atoms with van der Waals surface area (Å²) in [6.45, 7) is 6.87. The molecule has 1 saturated carbocycles. The first kappa shape index (κ1) is 13.1. The highest BCUT2D eigenvalue weighted by Gasteiger charge is 2.18. The van der Waals surface area contributed by atoms with Crippen LogP contribution in [0.5, 0.6) is 0 Å². The van der Waals surface area contributed by atoms with Gasteiger partial charge in [-0.3, -0.25) is 0 Å². The number of aryl methyl sites for hydroxylation is 1. The Labute approximate surface area is 110 Å². The maximum absolute atomic E-state index is 3.60. The van der Waals surface area contributed by atoms with E-state index in [-0.39, 0.29) is 0 Å². The van der Waals surface area contributed by atoms with Gasteiger partial charge < -0.3 is 5.32 Å². The fourth-order valence-electron chi connectivity index (χ4n) is 2.92. The van der Waals surface area contributed by atoms with Crippen molar-refractivity contribution >= 4 is 11.3 Å². The fraction of sp³-hybridized carbons (Fsp3) is 0.733. The van der Waals surface area contributed by atoms with E-state index in [2.05, 4.69) is 30.6 Å². The van der Waals surface area contributed by atoms with E-state index >= 15 is 0 Å². The molecule has 2 rings (SSSR count). The van der Waals surface area contributed by atoms with Crippen molar-refractivity contribution in [1.29, 1.82) is 0 Å². The van der Waals surface area contributed by atoms with E-state index < -0.39 is 0 Å². The summed E-state index contributed by atoms with van der Waals surface area (Å²) in [5.41, 5.74) is 1.44. The first-order chi connectivity index (χ1) is 8.25. The highest BCUT2D eigenvalue weighted by molar-refractivity contribution is 7.10. The van der Waals surface area contributed by atoms with Crippen molar-refractivity contribution in [1.82, 2.24) is 5.32 Å². The Kier molecular flexibility index (Phi) is 5.05. The minimum absolute atomic E-state index is 0.966. The summed E-state index contributed by atoms with van der Waals surface area (Å²) in [6.07, 6.45) is 7.20. The van der Waals surface area contributed by atoms with Crippen LogP contribution < -0.4 is 5.32 Å². The van der Waals surface area contributed by atoms with E-state index in [0.717, 1.165) is 18.4 Å². The van der Waals surface area contributed by atoms with Gasteiger partial charge in [-0.1, -0.05) is 26.2 Å². The van der Waals surface area contributed by atoms with Crippen molar-refractivity contribution < 1.29 is 0 Å². The van der Waals surface area contributed by atoms with Crippen LogP contribution in [0.15, 0.2) is 11.4 Å². The molecular weight excluding hydrogens is 226 g/mol. The number of nitrogens with one attached hydrogen (secondary N) is 1. The van der Waals surface area contributed by atoms with Crippen LogP contribution >= 0.6 is 11.3 Å². The van der Waals surface area contributed by atoms with E-state index in [9.17, 15) is 0 Å². The van der Waals surface area contributed by atoms with Gasteiger partial charge in [-0.15, -0.1) is 11.3 Å². The summed E-state index contributed by atoms with van der Waals surface area (Å²) in [5.74, 6) is 1.95. The third kappa shape index (κ3) is 4.11. The minimum atomic E-state index is 0.966. The first-order valence-electron chi connectivity index (χ1n) is 6.99. The molecule has 2 unspecified atom stereocenters. The Morgan fingerprint density at radius 3 is 3.00 bits per heavy atom. The summed E-state index contributed by atoms with van der Waals surface area (Å²) in [7, 11) is 0. The molecule has 1 fully saturated rings. The second kappa shape index (κ2) is 6.55. The zero-order valence-electron chi connectivity index (χ0n) is 11.2. The quantitative estimate of drug-likeness (QED) is 0.767. The maximum atomic E-state index is 3.60. The molecule has 0 aliphatic heterocycles. The van der Waals surface area contributed by atoms with Gasteiger partial charge in [-0.25, -0.2) is 0 Å². The molecule has 96 valence electrons. The van der Waals surface area contributed by atoms with Gasteiger partial charge in [-0.2, -0.15) is 0 Å². The summed E-state index contributed by atoms with van der Waals surface area (Å²) in [6, 6.07) is 2.21. The Balaban J connectivity index is 1.61. The number of thiophene rings is 1. The van der Waals surface area contributed by atoms with Crippen LogP contribution in [0.2, 0.25) is 0 Å². The zero-order chi connectivity index (χ0) is 12.1. The Bertz CT molecular complexity index is 331. The highest BCUT2D eigenvalue weighted by Crippen LogP contribution is 2.30. The average Bonchev–Trinajstić information content (AvgIpc) is 2.71. The van der Waals surface area contributed by atoms with Crippen LogP contribution in [0.3, 0.4) is 0 Å². The van der Waals surface area contributed by atoms with Crippen LogP contribution in [0, 0.1) is 18.8 Å². The molecule has 2 heteroatoms. The standard InChI is InChI=1S/C15H25NS/c1-12-4-3-5-14(10-12)6-8-16-11-15-13(2)7-9-17-15/h7,9,12,14,16H,3-6,8,10-11H2,1-2H3. The largest absolute Gasteiger partial charge is 0.312 e.